The molecule has 1 atom stereocenters. The van der Waals surface area contributed by atoms with E-state index in [1.54, 1.807) is 25.1 Å². The molecule has 35 heavy (non-hydrogen) atoms. The first kappa shape index (κ1) is 25.5. The molecule has 0 bridgehead atoms. The Morgan fingerprint density at radius 1 is 1.06 bits per heavy atom. The van der Waals surface area contributed by atoms with Crippen LogP contribution in [0.25, 0.3) is 0 Å². The monoisotopic (exact) mass is 531 g/mol. The van der Waals surface area contributed by atoms with E-state index in [2.05, 4.69) is 4.72 Å². The molecule has 0 saturated carbocycles. The number of ether oxygens (including phenoxy) is 1. The highest BCUT2D eigenvalue weighted by molar-refractivity contribution is 7.89. The normalized spacial score (nSPS) is 15.9. The maximum Gasteiger partial charge on any atom is 0.241 e. The maximum absolute atomic E-state index is 13.0. The van der Waals surface area contributed by atoms with Crippen LogP contribution in [0.4, 0.5) is 5.69 Å². The van der Waals surface area contributed by atoms with E-state index in [1.165, 1.54) is 0 Å². The average molecular weight is 532 g/mol. The van der Waals surface area contributed by atoms with E-state index in [0.29, 0.717) is 40.0 Å². The van der Waals surface area contributed by atoms with Crippen molar-refractivity contribution in [1.82, 2.24) is 4.72 Å². The Labute approximate surface area is 216 Å². The Kier molecular flexibility index (Phi) is 7.71. The summed E-state index contributed by atoms with van der Waals surface area (Å²) in [4.78, 5) is 0.275. The Hall–Kier alpha value is -2.58. The van der Waals surface area contributed by atoms with Crippen LogP contribution in [-0.4, -0.2) is 27.3 Å². The van der Waals surface area contributed by atoms with Crippen LogP contribution in [0.15, 0.2) is 70.7 Å². The van der Waals surface area contributed by atoms with Crippen LogP contribution in [0.2, 0.25) is 10.0 Å². The summed E-state index contributed by atoms with van der Waals surface area (Å²) in [5.41, 5.74) is 3.98. The van der Waals surface area contributed by atoms with Gasteiger partial charge in [0.15, 0.2) is 0 Å². The van der Waals surface area contributed by atoms with Gasteiger partial charge in [-0.2, -0.15) is 5.10 Å². The number of benzene rings is 3. The van der Waals surface area contributed by atoms with E-state index in [-0.39, 0.29) is 17.5 Å². The molecular weight excluding hydrogens is 505 g/mol. The highest BCUT2D eigenvalue weighted by Crippen LogP contribution is 2.40. The molecule has 3 aromatic carbocycles. The van der Waals surface area contributed by atoms with Gasteiger partial charge in [0.25, 0.3) is 0 Å². The molecule has 0 aliphatic carbocycles. The van der Waals surface area contributed by atoms with Crippen LogP contribution in [-0.2, 0) is 10.0 Å². The van der Waals surface area contributed by atoms with Crippen molar-refractivity contribution in [3.05, 3.63) is 87.4 Å². The summed E-state index contributed by atoms with van der Waals surface area (Å²) in [5.74, 6) is 0.785. The quantitative estimate of drug-likeness (QED) is 0.370. The van der Waals surface area contributed by atoms with Crippen molar-refractivity contribution >= 4 is 44.6 Å². The van der Waals surface area contributed by atoms with Crippen molar-refractivity contribution in [2.24, 2.45) is 5.10 Å². The fraction of sp³-hybridized carbons (Fsp3) is 0.269. The number of nitrogens with one attached hydrogen (secondary N) is 1. The van der Waals surface area contributed by atoms with Gasteiger partial charge in [0, 0.05) is 11.4 Å². The van der Waals surface area contributed by atoms with E-state index >= 15 is 0 Å². The molecule has 0 saturated heterocycles. The highest BCUT2D eigenvalue weighted by atomic mass is 35.5. The minimum Gasteiger partial charge on any atom is -0.494 e. The first-order valence-electron chi connectivity index (χ1n) is 11.3. The molecule has 184 valence electrons. The number of nitrogens with zero attached hydrogens (tertiary/aromatic N) is 2. The second kappa shape index (κ2) is 10.6. The fourth-order valence-electron chi connectivity index (χ4n) is 4.03. The molecule has 1 N–H and O–H groups in total. The van der Waals surface area contributed by atoms with E-state index < -0.39 is 10.0 Å². The second-order valence-electron chi connectivity index (χ2n) is 8.42. The number of rotatable bonds is 8. The average Bonchev–Trinajstić information content (AvgIpc) is 3.24. The van der Waals surface area contributed by atoms with Crippen LogP contribution in [0, 0.1) is 13.8 Å². The van der Waals surface area contributed by atoms with Gasteiger partial charge in [-0.15, -0.1) is 0 Å². The van der Waals surface area contributed by atoms with E-state index in [1.807, 2.05) is 61.3 Å². The largest absolute Gasteiger partial charge is 0.494 e. The van der Waals surface area contributed by atoms with Crippen molar-refractivity contribution in [3.8, 4) is 5.75 Å². The van der Waals surface area contributed by atoms with Crippen molar-refractivity contribution in [2.75, 3.05) is 18.2 Å². The minimum absolute atomic E-state index is 0.0882. The third kappa shape index (κ3) is 5.81. The molecule has 0 radical (unpaired) electrons. The minimum atomic E-state index is -3.70. The first-order valence-corrected chi connectivity index (χ1v) is 13.5. The third-order valence-corrected chi connectivity index (χ3v) is 7.89. The molecule has 0 amide bonds. The van der Waals surface area contributed by atoms with Gasteiger partial charge in [-0.3, -0.25) is 5.01 Å². The van der Waals surface area contributed by atoms with E-state index in [4.69, 9.17) is 33.0 Å². The Balaban J connectivity index is 1.62. The Bertz CT molecular complexity index is 1360. The molecule has 1 unspecified atom stereocenters. The number of anilines is 1. The molecule has 1 aliphatic rings. The molecule has 6 nitrogen and oxygen atoms in total. The van der Waals surface area contributed by atoms with Crippen molar-refractivity contribution in [2.45, 2.75) is 38.1 Å². The van der Waals surface area contributed by atoms with Crippen LogP contribution >= 0.6 is 23.2 Å². The molecule has 0 aromatic heterocycles. The summed E-state index contributed by atoms with van der Waals surface area (Å²) in [6, 6.07) is 18.3. The van der Waals surface area contributed by atoms with Gasteiger partial charge >= 0.3 is 0 Å². The predicted octanol–water partition coefficient (Wildman–Crippen LogP) is 6.29. The lowest BCUT2D eigenvalue weighted by atomic mass is 10.0. The van der Waals surface area contributed by atoms with Crippen LogP contribution in [0.3, 0.4) is 0 Å². The van der Waals surface area contributed by atoms with Crippen LogP contribution in [0.1, 0.15) is 36.1 Å². The summed E-state index contributed by atoms with van der Waals surface area (Å²) >= 11 is 12.6. The molecule has 0 spiro atoms. The summed E-state index contributed by atoms with van der Waals surface area (Å²) in [5, 5.41) is 7.59. The number of halogens is 2. The van der Waals surface area contributed by atoms with Gasteiger partial charge in [-0.05, 0) is 73.9 Å². The third-order valence-electron chi connectivity index (χ3n) is 5.81. The van der Waals surface area contributed by atoms with Gasteiger partial charge in [0.2, 0.25) is 10.0 Å². The van der Waals surface area contributed by atoms with Crippen molar-refractivity contribution in [1.29, 1.82) is 0 Å². The molecule has 9 heteroatoms. The molecular formula is C26H27Cl2N3O3S. The number of aryl methyl sites for hydroxylation is 2. The van der Waals surface area contributed by atoms with Gasteiger partial charge < -0.3 is 4.74 Å². The smallest absolute Gasteiger partial charge is 0.241 e. The maximum atomic E-state index is 13.0. The summed E-state index contributed by atoms with van der Waals surface area (Å²) in [6.45, 7) is 6.27. The lowest BCUT2D eigenvalue weighted by molar-refractivity contribution is 0.340. The lowest BCUT2D eigenvalue weighted by Crippen LogP contribution is -2.29. The van der Waals surface area contributed by atoms with E-state index in [0.717, 1.165) is 16.9 Å². The van der Waals surface area contributed by atoms with Crippen molar-refractivity contribution in [3.63, 3.8) is 0 Å². The first-order chi connectivity index (χ1) is 16.7. The predicted molar refractivity (Wildman–Crippen MR) is 142 cm³/mol. The lowest BCUT2D eigenvalue weighted by Gasteiger charge is -2.25. The molecule has 4 rings (SSSR count). The van der Waals surface area contributed by atoms with Crippen LogP contribution < -0.4 is 14.5 Å². The second-order valence-corrected chi connectivity index (χ2v) is 11.0. The van der Waals surface area contributed by atoms with Gasteiger partial charge in [-0.25, -0.2) is 13.1 Å². The zero-order valence-electron chi connectivity index (χ0n) is 19.8. The topological polar surface area (TPSA) is 71.0 Å². The fourth-order valence-corrected chi connectivity index (χ4v) is 5.87. The Morgan fingerprint density at radius 2 is 1.80 bits per heavy atom. The standard InChI is InChI=1S/C26H27Cl2N3O3S/c1-4-34-22-10-7-19(8-11-22)25-15-21(30-31(25)24-12-9-20(27)14-23(24)28)16-29-35(32,33)26-13-17(2)5-6-18(26)3/h5-14,25,29H,4,15-16H2,1-3H3. The van der Waals surface area contributed by atoms with Crippen LogP contribution in [0.5, 0.6) is 5.75 Å². The van der Waals surface area contributed by atoms with Gasteiger partial charge in [-0.1, -0.05) is 47.5 Å². The highest BCUT2D eigenvalue weighted by Gasteiger charge is 2.31. The molecule has 1 aliphatic heterocycles. The summed E-state index contributed by atoms with van der Waals surface area (Å²) < 4.78 is 34.3. The summed E-state index contributed by atoms with van der Waals surface area (Å²) in [6.07, 6.45) is 0.530. The SMILES string of the molecule is CCOc1ccc(C2CC(CNS(=O)(=O)c3cc(C)ccc3C)=NN2c2ccc(Cl)cc2Cl)cc1. The zero-order chi connectivity index (χ0) is 25.2. The molecule has 3 aromatic rings. The van der Waals surface area contributed by atoms with E-state index in [9.17, 15) is 8.42 Å². The van der Waals surface area contributed by atoms with Gasteiger partial charge in [0.1, 0.15) is 5.75 Å². The zero-order valence-corrected chi connectivity index (χ0v) is 22.1. The number of hydrogen-bond acceptors (Lipinski definition) is 5. The number of hydrogen-bond donors (Lipinski definition) is 1. The van der Waals surface area contributed by atoms with Gasteiger partial charge in [0.05, 0.1) is 40.5 Å². The van der Waals surface area contributed by atoms with Crippen molar-refractivity contribution < 1.29 is 13.2 Å². The number of hydrazone groups is 1. The molecule has 1 heterocycles. The molecule has 0 fully saturated rings. The summed E-state index contributed by atoms with van der Waals surface area (Å²) in [7, 11) is -3.70. The Morgan fingerprint density at radius 3 is 2.49 bits per heavy atom. The number of sulfonamides is 1.